The van der Waals surface area contributed by atoms with Crippen LogP contribution in [0.1, 0.15) is 47.2 Å². The molecule has 0 bridgehead atoms. The van der Waals surface area contributed by atoms with E-state index in [1.54, 1.807) is 13.0 Å². The van der Waals surface area contributed by atoms with Crippen LogP contribution in [0, 0.1) is 0 Å². The van der Waals surface area contributed by atoms with Crippen LogP contribution in [0.2, 0.25) is 0 Å². The van der Waals surface area contributed by atoms with Gasteiger partial charge in [-0.05, 0) is 47.2 Å². The summed E-state index contributed by atoms with van der Waals surface area (Å²) >= 11 is 0. The number of rotatable bonds is 16. The fourth-order valence-corrected chi connectivity index (χ4v) is 6.39. The van der Waals surface area contributed by atoms with E-state index in [2.05, 4.69) is 0 Å². The van der Waals surface area contributed by atoms with Crippen molar-refractivity contribution in [1.82, 2.24) is 9.80 Å². The molecule has 0 spiro atoms. The molecule has 0 aliphatic rings. The van der Waals surface area contributed by atoms with Gasteiger partial charge in [-0.3, -0.25) is 18.9 Å². The molecule has 2 rings (SSSR count). The van der Waals surface area contributed by atoms with Crippen molar-refractivity contribution in [2.24, 2.45) is 0 Å². The van der Waals surface area contributed by atoms with Crippen molar-refractivity contribution >= 4 is 15.2 Å². The largest absolute Gasteiger partial charge is 2.00 e. The first-order valence-corrected chi connectivity index (χ1v) is 16.2. The van der Waals surface area contributed by atoms with Crippen LogP contribution in [-0.4, -0.2) is 86.7 Å². The van der Waals surface area contributed by atoms with Gasteiger partial charge in [-0.2, -0.15) is 0 Å². The van der Waals surface area contributed by atoms with E-state index in [1.165, 1.54) is 28.0 Å². The number of nitrogens with zero attached hydrogens (tertiary/aromatic N) is 2. The Bertz CT molecular complexity index is 1240. The molecule has 0 heterocycles. The van der Waals surface area contributed by atoms with Crippen molar-refractivity contribution in [3.05, 3.63) is 57.6 Å². The number of hydrogen-bond acceptors (Lipinski definition) is 9. The molecule has 1 unspecified atom stereocenters. The second-order valence-electron chi connectivity index (χ2n) is 9.56. The summed E-state index contributed by atoms with van der Waals surface area (Å²) < 4.78 is 24.3. The third-order valence-corrected chi connectivity index (χ3v) is 8.81. The zero-order valence-electron chi connectivity index (χ0n) is 22.9. The van der Waals surface area contributed by atoms with Crippen LogP contribution in [0.3, 0.4) is 0 Å². The first kappa shape index (κ1) is 37.7. The second-order valence-corrected chi connectivity index (χ2v) is 12.9. The minimum Gasteiger partial charge on any atom is -0.508 e. The first-order valence-electron chi connectivity index (χ1n) is 12.7. The number of hydrogen-bond donors (Lipinski definition) is 9. The maximum absolute atomic E-state index is 12.3. The average molecular weight is 662 g/mol. The number of aliphatic hydroxyl groups is 3. The van der Waals surface area contributed by atoms with E-state index in [0.29, 0.717) is 46.2 Å². The SMILES string of the molecule is CCc1cc(CO)cc(O)c1CN(CCN(Cc1c(O)ccc(CO)c1CC)C(CO)P(=O)(O)O)CP(=O)(O)O.[Fe+2]. The maximum atomic E-state index is 12.3. The van der Waals surface area contributed by atoms with Gasteiger partial charge in [-0.1, -0.05) is 26.0 Å². The van der Waals surface area contributed by atoms with Crippen molar-refractivity contribution in [3.63, 3.8) is 0 Å². The Morgan fingerprint density at radius 3 is 1.93 bits per heavy atom. The van der Waals surface area contributed by atoms with Gasteiger partial charge in [-0.25, -0.2) is 0 Å². The van der Waals surface area contributed by atoms with Crippen molar-refractivity contribution in [2.75, 3.05) is 26.0 Å². The van der Waals surface area contributed by atoms with Crippen molar-refractivity contribution in [2.45, 2.75) is 58.8 Å². The zero-order valence-corrected chi connectivity index (χ0v) is 25.8. The van der Waals surface area contributed by atoms with Crippen molar-refractivity contribution in [3.8, 4) is 11.5 Å². The molecule has 2 aromatic carbocycles. The molecule has 2 aromatic rings. The molecule has 0 fully saturated rings. The van der Waals surface area contributed by atoms with Crippen molar-refractivity contribution in [1.29, 1.82) is 0 Å². The Kier molecular flexibility index (Phi) is 15.2. The molecular weight excluding hydrogens is 622 g/mol. The van der Waals surface area contributed by atoms with Crippen LogP contribution in [0.25, 0.3) is 0 Å². The van der Waals surface area contributed by atoms with Crippen LogP contribution < -0.4 is 0 Å². The molecule has 0 aliphatic heterocycles. The molecule has 41 heavy (non-hydrogen) atoms. The summed E-state index contributed by atoms with van der Waals surface area (Å²) in [4.78, 5) is 42.0. The maximum Gasteiger partial charge on any atom is 2.00 e. The van der Waals surface area contributed by atoms with Crippen LogP contribution in [0.15, 0.2) is 24.3 Å². The number of phenols is 2. The molecule has 9 N–H and O–H groups in total. The monoisotopic (exact) mass is 662 g/mol. The standard InChI is InChI=1S/C25H40N2O11P2.Fe/c1-3-18-9-17(13-28)10-24(32)21(18)11-26(16-39(33,34)35)7-8-27(25(15-30)40(36,37)38)12-22-20(4-2)19(14-29)5-6-23(22)31;/h5-6,9-10,25,28-32H,3-4,7-8,11-16H2,1-2H3,(H2,33,34,35)(H2,36,37,38);/q;+2. The van der Waals surface area contributed by atoms with Gasteiger partial charge >= 0.3 is 32.3 Å². The number of phenolic OH excluding ortho intramolecular Hbond substituents is 2. The van der Waals surface area contributed by atoms with Gasteiger partial charge in [0.05, 0.1) is 19.8 Å². The summed E-state index contributed by atoms with van der Waals surface area (Å²) in [6.45, 7) is 1.34. The topological polar surface area (TPSA) is 223 Å². The third kappa shape index (κ3) is 10.7. The minimum absolute atomic E-state index is 0. The van der Waals surface area contributed by atoms with Crippen molar-refractivity contribution < 1.29 is 71.3 Å². The molecule has 0 aliphatic carbocycles. The van der Waals surface area contributed by atoms with E-state index in [0.717, 1.165) is 0 Å². The van der Waals surface area contributed by atoms with Gasteiger partial charge in [0.2, 0.25) is 0 Å². The minimum atomic E-state index is -4.91. The van der Waals surface area contributed by atoms with E-state index < -0.39 is 33.9 Å². The summed E-state index contributed by atoms with van der Waals surface area (Å²) in [7, 11) is -9.53. The van der Waals surface area contributed by atoms with E-state index in [1.807, 2.05) is 6.92 Å². The van der Waals surface area contributed by atoms with E-state index in [-0.39, 0.29) is 68.0 Å². The number of aliphatic hydroxyl groups excluding tert-OH is 3. The van der Waals surface area contributed by atoms with E-state index >= 15 is 0 Å². The summed E-state index contributed by atoms with van der Waals surface area (Å²) in [6, 6.07) is 5.93. The Hall–Kier alpha value is -1.34. The summed E-state index contributed by atoms with van der Waals surface area (Å²) in [6.07, 6.45) is 0.119. The molecule has 0 saturated carbocycles. The Labute approximate surface area is 249 Å². The number of aryl methyl sites for hydroxylation is 1. The van der Waals surface area contributed by atoms with Crippen LogP contribution in [-0.2, 0) is 65.3 Å². The van der Waals surface area contributed by atoms with Gasteiger partial charge in [0.25, 0.3) is 0 Å². The molecule has 16 heteroatoms. The quantitative estimate of drug-likeness (QED) is 0.0910. The summed E-state index contributed by atoms with van der Waals surface area (Å²) in [5.41, 5.74) is 2.89. The van der Waals surface area contributed by atoms with Gasteiger partial charge in [0.1, 0.15) is 23.6 Å². The second kappa shape index (κ2) is 16.5. The van der Waals surface area contributed by atoms with Gasteiger partial charge in [-0.15, -0.1) is 0 Å². The zero-order chi connectivity index (χ0) is 30.3. The summed E-state index contributed by atoms with van der Waals surface area (Å²) in [5, 5.41) is 50.3. The molecule has 13 nitrogen and oxygen atoms in total. The Morgan fingerprint density at radius 1 is 0.780 bits per heavy atom. The molecular formula is C25H40FeN2O11P2+2. The fourth-order valence-electron chi connectivity index (χ4n) is 4.79. The van der Waals surface area contributed by atoms with E-state index in [4.69, 9.17) is 0 Å². The Morgan fingerprint density at radius 2 is 1.44 bits per heavy atom. The molecule has 0 aromatic heterocycles. The van der Waals surface area contributed by atoms with Crippen LogP contribution >= 0.6 is 15.2 Å². The molecule has 0 radical (unpaired) electrons. The average Bonchev–Trinajstić information content (AvgIpc) is 2.87. The van der Waals surface area contributed by atoms with Crippen LogP contribution in [0.5, 0.6) is 11.5 Å². The smallest absolute Gasteiger partial charge is 0.508 e. The van der Waals surface area contributed by atoms with Gasteiger partial charge < -0.3 is 45.1 Å². The normalized spacial score (nSPS) is 13.0. The third-order valence-electron chi connectivity index (χ3n) is 6.77. The van der Waals surface area contributed by atoms with Gasteiger partial charge in [0, 0.05) is 37.3 Å². The molecule has 0 saturated heterocycles. The van der Waals surface area contributed by atoms with E-state index in [9.17, 15) is 54.2 Å². The Balaban J connectivity index is 0.00000840. The predicted molar refractivity (Wildman–Crippen MR) is 147 cm³/mol. The first-order chi connectivity index (χ1) is 18.7. The predicted octanol–water partition coefficient (Wildman–Crippen LogP) is 1.14. The number of benzene rings is 2. The molecule has 232 valence electrons. The number of aromatic hydroxyl groups is 2. The summed E-state index contributed by atoms with van der Waals surface area (Å²) in [5.74, 6) is -2.03. The molecule has 0 amide bonds. The van der Waals surface area contributed by atoms with Crippen LogP contribution in [0.4, 0.5) is 0 Å². The van der Waals surface area contributed by atoms with Gasteiger partial charge in [0.15, 0.2) is 0 Å². The molecule has 1 atom stereocenters. The fraction of sp³-hybridized carbons (Fsp3) is 0.520.